The van der Waals surface area contributed by atoms with Crippen molar-refractivity contribution in [2.24, 2.45) is 11.8 Å². The van der Waals surface area contributed by atoms with Gasteiger partial charge in [-0.05, 0) is 0 Å². The van der Waals surface area contributed by atoms with Crippen molar-refractivity contribution in [1.29, 1.82) is 0 Å². The summed E-state index contributed by atoms with van der Waals surface area (Å²) in [5, 5.41) is 0. The minimum absolute atomic E-state index is 0.745. The Morgan fingerprint density at radius 3 is 1.60 bits per heavy atom. The van der Waals surface area contributed by atoms with Crippen LogP contribution in [0, 0.1) is 11.8 Å². The van der Waals surface area contributed by atoms with Gasteiger partial charge in [-0.25, -0.2) is 0 Å². The van der Waals surface area contributed by atoms with Crippen LogP contribution >= 0.6 is 0 Å². The molecule has 0 bridgehead atoms. The molecule has 1 heterocycles. The van der Waals surface area contributed by atoms with Crippen LogP contribution in [-0.4, -0.2) is 25.1 Å². The molecule has 0 unspecified atom stereocenters. The first-order chi connectivity index (χ1) is 9.23. The summed E-state index contributed by atoms with van der Waals surface area (Å²) in [4.78, 5) is 5.34. The van der Waals surface area contributed by atoms with Gasteiger partial charge in [0.05, 0.1) is 0 Å². The van der Waals surface area contributed by atoms with Crippen molar-refractivity contribution in [2.75, 3.05) is 0 Å². The van der Waals surface area contributed by atoms with Gasteiger partial charge in [-0.2, -0.15) is 0 Å². The Morgan fingerprint density at radius 1 is 0.850 bits per heavy atom. The average Bonchev–Trinajstić information content (AvgIpc) is 2.58. The summed E-state index contributed by atoms with van der Waals surface area (Å²) in [5.74, 6) is 1.49. The van der Waals surface area contributed by atoms with Crippen LogP contribution in [0.3, 0.4) is 0 Å². The van der Waals surface area contributed by atoms with Gasteiger partial charge in [-0.15, -0.1) is 0 Å². The van der Waals surface area contributed by atoms with Gasteiger partial charge in [0.15, 0.2) is 0 Å². The van der Waals surface area contributed by atoms with E-state index >= 15 is 0 Å². The molecule has 0 N–H and O–H groups in total. The van der Waals surface area contributed by atoms with E-state index in [1.807, 2.05) is 12.7 Å². The molecule has 0 aromatic heterocycles. The van der Waals surface area contributed by atoms with Crippen LogP contribution < -0.4 is 0 Å². The zero-order valence-corrected chi connectivity index (χ0v) is 18.2. The van der Waals surface area contributed by atoms with Gasteiger partial charge >= 0.3 is 133 Å². The predicted molar refractivity (Wildman–Crippen MR) is 98.2 cm³/mol. The molecule has 0 fully saturated rings. The first-order valence-electron chi connectivity index (χ1n) is 8.72. The molecule has 1 aliphatic rings. The van der Waals surface area contributed by atoms with Crippen LogP contribution in [0.1, 0.15) is 54.9 Å². The van der Waals surface area contributed by atoms with E-state index in [2.05, 4.69) is 58.3 Å². The molecule has 0 atom stereocenters. The van der Waals surface area contributed by atoms with E-state index in [1.165, 1.54) is 19.1 Å². The van der Waals surface area contributed by atoms with Crippen molar-refractivity contribution in [3.8, 4) is 0 Å². The molecule has 2 heteroatoms. The van der Waals surface area contributed by atoms with Gasteiger partial charge in [0.2, 0.25) is 0 Å². The van der Waals surface area contributed by atoms with Gasteiger partial charge in [0.25, 0.3) is 0 Å². The number of hydrogen-bond donors (Lipinski definition) is 0. The second kappa shape index (κ2) is 7.07. The number of rotatable bonds is 6. The van der Waals surface area contributed by atoms with Crippen LogP contribution in [0.15, 0.2) is 18.2 Å². The molecule has 0 saturated heterocycles. The summed E-state index contributed by atoms with van der Waals surface area (Å²) in [6.45, 7) is 17.7. The van der Waals surface area contributed by atoms with Crippen molar-refractivity contribution in [3.63, 3.8) is 0 Å². The Labute approximate surface area is 132 Å². The first kappa shape index (κ1) is 18.4. The molecule has 0 spiro atoms. The molecule has 0 amide bonds. The molecular weight excluding hydrogens is 346 g/mol. The molecule has 20 heavy (non-hydrogen) atoms. The zero-order valence-electron chi connectivity index (χ0n) is 15.4. The Bertz CT molecular complexity index is 409. The normalized spacial score (nSPS) is 18.8. The Balaban J connectivity index is 3.59. The first-order valence-corrected chi connectivity index (χ1v) is 17.3. The number of allylic oxidation sites excluding steroid dienone is 4. The van der Waals surface area contributed by atoms with E-state index < -0.39 is 18.4 Å². The van der Waals surface area contributed by atoms with Crippen molar-refractivity contribution >= 4 is 25.1 Å². The second-order valence-electron chi connectivity index (χ2n) is 7.52. The monoisotopic (exact) mass is 382 g/mol. The quantitative estimate of drug-likeness (QED) is 0.483. The van der Waals surface area contributed by atoms with E-state index in [1.54, 1.807) is 5.57 Å². The Kier molecular flexibility index (Phi) is 6.50. The van der Waals surface area contributed by atoms with E-state index in [0.29, 0.717) is 0 Å². The molecule has 0 nitrogen and oxygen atoms in total. The van der Waals surface area contributed by atoms with Crippen molar-refractivity contribution in [3.05, 3.63) is 18.2 Å². The summed E-state index contributed by atoms with van der Waals surface area (Å²) in [7, 11) is 0. The number of hydrogen-bond acceptors (Lipinski definition) is 0. The van der Waals surface area contributed by atoms with Gasteiger partial charge in [0, 0.05) is 0 Å². The molecule has 0 radical (unpaired) electrons. The Hall–Kier alpha value is 0.344. The fourth-order valence-corrected chi connectivity index (χ4v) is 19.9. The van der Waals surface area contributed by atoms with E-state index in [4.69, 9.17) is 0 Å². The van der Waals surface area contributed by atoms with E-state index in [-0.39, 0.29) is 0 Å². The van der Waals surface area contributed by atoms with Gasteiger partial charge in [-0.1, -0.05) is 0 Å². The van der Waals surface area contributed by atoms with Crippen LogP contribution in [0.5, 0.6) is 0 Å². The summed E-state index contributed by atoms with van der Waals surface area (Å²) in [5.41, 5.74) is 3.62. The minimum atomic E-state index is -2.26. The molecule has 0 aromatic carbocycles. The molecule has 0 aromatic rings. The second-order valence-corrected chi connectivity index (χ2v) is 19.9. The Morgan fingerprint density at radius 2 is 1.30 bits per heavy atom. The SMILES string of the molecule is CCB(CC)C1=[C](C(C)C)[Sn]([CH3])([CH3])[C](C(C)C)=C1CC. The van der Waals surface area contributed by atoms with Crippen molar-refractivity contribution in [2.45, 2.75) is 77.4 Å². The third-order valence-corrected chi connectivity index (χ3v) is 17.8. The molecular formula is C18H35BSn. The summed E-state index contributed by atoms with van der Waals surface area (Å²) in [6, 6.07) is 0. The summed E-state index contributed by atoms with van der Waals surface area (Å²) in [6.07, 6.45) is 3.85. The van der Waals surface area contributed by atoms with Crippen LogP contribution in [0.25, 0.3) is 0 Å². The molecule has 1 aliphatic heterocycles. The van der Waals surface area contributed by atoms with Crippen molar-refractivity contribution in [1.82, 2.24) is 0 Å². The van der Waals surface area contributed by atoms with Gasteiger partial charge in [-0.3, -0.25) is 0 Å². The zero-order chi connectivity index (χ0) is 15.7. The molecule has 0 saturated carbocycles. The standard InChI is InChI=1S/C16H29B.2CH3.Sn/c1-8-15(11-13(4)5)16(12-14(6)7)17(9-2)10-3;;;/h13-14H,8-10H2,1-7H3;2*1H3;. The van der Waals surface area contributed by atoms with Gasteiger partial charge in [0.1, 0.15) is 0 Å². The molecule has 1 rings (SSSR count). The third-order valence-electron chi connectivity index (χ3n) is 5.19. The third kappa shape index (κ3) is 3.08. The predicted octanol–water partition coefficient (Wildman–Crippen LogP) is 6.18. The molecule has 114 valence electrons. The topological polar surface area (TPSA) is 0 Å². The fraction of sp³-hybridized carbons (Fsp3) is 0.778. The van der Waals surface area contributed by atoms with Gasteiger partial charge < -0.3 is 0 Å². The summed E-state index contributed by atoms with van der Waals surface area (Å²) < 4.78 is 3.86. The van der Waals surface area contributed by atoms with Crippen LogP contribution in [0.2, 0.25) is 22.5 Å². The molecule has 0 aliphatic carbocycles. The average molecular weight is 381 g/mol. The maximum atomic E-state index is 2.67. The van der Waals surface area contributed by atoms with Crippen molar-refractivity contribution < 1.29 is 0 Å². The van der Waals surface area contributed by atoms with E-state index in [0.717, 1.165) is 18.5 Å². The van der Waals surface area contributed by atoms with E-state index in [9.17, 15) is 0 Å². The fourth-order valence-electron chi connectivity index (χ4n) is 4.81. The van der Waals surface area contributed by atoms with Crippen LogP contribution in [0.4, 0.5) is 0 Å². The van der Waals surface area contributed by atoms with Crippen LogP contribution in [-0.2, 0) is 0 Å². The summed E-state index contributed by atoms with van der Waals surface area (Å²) >= 11 is -2.26. The maximum absolute atomic E-state index is 2.67.